The summed E-state index contributed by atoms with van der Waals surface area (Å²) in [6, 6.07) is 0. The normalized spacial score (nSPS) is 12.8. The minimum atomic E-state index is -1.31. The third kappa shape index (κ3) is 24.5. The second-order valence-corrected chi connectivity index (χ2v) is 15.0. The van der Waals surface area contributed by atoms with Gasteiger partial charge < -0.3 is 45.2 Å². The number of nitrogens with one attached hydrogen (secondary N) is 1. The molecule has 0 saturated carbocycles. The average Bonchev–Trinajstić information content (AvgIpc) is 3.17. The zero-order valence-corrected chi connectivity index (χ0v) is 36.4. The number of hydrogen-bond acceptors (Lipinski definition) is 12. The van der Waals surface area contributed by atoms with Crippen molar-refractivity contribution in [2.75, 3.05) is 56.4 Å². The lowest BCUT2D eigenvalue weighted by atomic mass is 10.0. The summed E-state index contributed by atoms with van der Waals surface area (Å²) in [6.07, 6.45) is 25.4. The van der Waals surface area contributed by atoms with Crippen LogP contribution in [-0.2, 0) is 28.4 Å². The molecular formula is C43H86N6O6. The molecule has 1 atom stereocenters. The SMILES string of the molecule is CCCCCOC(CCCCCCCC(OCCCCC)(OCCCCC)OCCCCC)C(Nc1nc(N)nc(N)n1)(OCCCCC)OCCCCC. The predicted octanol–water partition coefficient (Wildman–Crippen LogP) is 11.1. The van der Waals surface area contributed by atoms with E-state index >= 15 is 0 Å². The summed E-state index contributed by atoms with van der Waals surface area (Å²) in [7, 11) is 0. The molecule has 0 radical (unpaired) electrons. The molecule has 12 heteroatoms. The molecule has 1 aromatic rings. The summed E-state index contributed by atoms with van der Waals surface area (Å²) in [5.41, 5.74) is 12.0. The van der Waals surface area contributed by atoms with E-state index in [9.17, 15) is 0 Å². The molecule has 0 aliphatic carbocycles. The highest BCUT2D eigenvalue weighted by Crippen LogP contribution is 2.30. The lowest BCUT2D eigenvalue weighted by Crippen LogP contribution is -2.56. The zero-order chi connectivity index (χ0) is 40.3. The van der Waals surface area contributed by atoms with Gasteiger partial charge >= 0.3 is 0 Å². The van der Waals surface area contributed by atoms with Crippen LogP contribution in [0.15, 0.2) is 0 Å². The fourth-order valence-corrected chi connectivity index (χ4v) is 6.40. The first-order chi connectivity index (χ1) is 26.8. The van der Waals surface area contributed by atoms with Crippen LogP contribution in [0.2, 0.25) is 0 Å². The Morgan fingerprint density at radius 1 is 0.455 bits per heavy atom. The molecule has 1 rings (SSSR count). The van der Waals surface area contributed by atoms with Gasteiger partial charge in [-0.05, 0) is 51.4 Å². The van der Waals surface area contributed by atoms with Crippen LogP contribution >= 0.6 is 0 Å². The molecule has 0 saturated heterocycles. The number of unbranched alkanes of at least 4 members (excludes halogenated alkanes) is 16. The van der Waals surface area contributed by atoms with Gasteiger partial charge in [-0.3, -0.25) is 0 Å². The van der Waals surface area contributed by atoms with Crippen molar-refractivity contribution in [1.82, 2.24) is 15.0 Å². The number of ether oxygens (including phenoxy) is 6. The predicted molar refractivity (Wildman–Crippen MR) is 227 cm³/mol. The molecule has 0 bridgehead atoms. The van der Waals surface area contributed by atoms with E-state index in [1.807, 2.05) is 0 Å². The summed E-state index contributed by atoms with van der Waals surface area (Å²) < 4.78 is 39.5. The van der Waals surface area contributed by atoms with Crippen molar-refractivity contribution in [1.29, 1.82) is 0 Å². The van der Waals surface area contributed by atoms with E-state index in [4.69, 9.17) is 39.9 Å². The number of anilines is 3. The van der Waals surface area contributed by atoms with E-state index in [2.05, 4.69) is 61.8 Å². The third-order valence-corrected chi connectivity index (χ3v) is 9.73. The number of nitrogen functional groups attached to an aromatic ring is 2. The third-order valence-electron chi connectivity index (χ3n) is 9.73. The quantitative estimate of drug-likeness (QED) is 0.0427. The first kappa shape index (κ1) is 51.2. The van der Waals surface area contributed by atoms with Crippen LogP contribution in [0, 0.1) is 0 Å². The van der Waals surface area contributed by atoms with E-state index in [1.54, 1.807) is 0 Å². The molecule has 5 N–H and O–H groups in total. The molecule has 12 nitrogen and oxygen atoms in total. The first-order valence-electron chi connectivity index (χ1n) is 22.7. The molecule has 0 aliphatic rings. The second-order valence-electron chi connectivity index (χ2n) is 15.0. The van der Waals surface area contributed by atoms with Gasteiger partial charge in [0.25, 0.3) is 11.9 Å². The van der Waals surface area contributed by atoms with Crippen molar-refractivity contribution >= 4 is 17.8 Å². The van der Waals surface area contributed by atoms with Gasteiger partial charge in [0.2, 0.25) is 17.8 Å². The van der Waals surface area contributed by atoms with Gasteiger partial charge in [-0.1, -0.05) is 144 Å². The van der Waals surface area contributed by atoms with Gasteiger partial charge in [0.1, 0.15) is 6.10 Å². The number of aromatic nitrogens is 3. The Bertz CT molecular complexity index is 945. The molecule has 1 unspecified atom stereocenters. The molecule has 0 amide bonds. The number of nitrogens with two attached hydrogens (primary N) is 2. The van der Waals surface area contributed by atoms with Crippen molar-refractivity contribution in [3.63, 3.8) is 0 Å². The summed E-state index contributed by atoms with van der Waals surface area (Å²) in [5, 5.41) is 3.39. The van der Waals surface area contributed by atoms with Crippen molar-refractivity contribution in [2.45, 2.75) is 220 Å². The van der Waals surface area contributed by atoms with Gasteiger partial charge in [0, 0.05) is 13.0 Å². The largest absolute Gasteiger partial charge is 0.370 e. The lowest BCUT2D eigenvalue weighted by Gasteiger charge is -2.40. The Kier molecular flexibility index (Phi) is 31.9. The number of rotatable bonds is 41. The lowest BCUT2D eigenvalue weighted by molar-refractivity contribution is -0.384. The van der Waals surface area contributed by atoms with Gasteiger partial charge in [0.05, 0.1) is 33.0 Å². The van der Waals surface area contributed by atoms with Crippen LogP contribution in [0.4, 0.5) is 17.8 Å². The molecule has 55 heavy (non-hydrogen) atoms. The molecule has 0 aromatic carbocycles. The van der Waals surface area contributed by atoms with E-state index in [-0.39, 0.29) is 17.8 Å². The molecule has 0 aliphatic heterocycles. The van der Waals surface area contributed by atoms with Crippen LogP contribution in [0.5, 0.6) is 0 Å². The topological polar surface area (TPSA) is 158 Å². The smallest absolute Gasteiger partial charge is 0.282 e. The van der Waals surface area contributed by atoms with Crippen LogP contribution < -0.4 is 16.8 Å². The first-order valence-corrected chi connectivity index (χ1v) is 22.7. The van der Waals surface area contributed by atoms with E-state index in [0.29, 0.717) is 39.6 Å². The molecular weight excluding hydrogens is 697 g/mol. The minimum absolute atomic E-state index is 0.0365. The van der Waals surface area contributed by atoms with Crippen molar-refractivity contribution in [3.8, 4) is 0 Å². The van der Waals surface area contributed by atoms with Crippen LogP contribution in [0.1, 0.15) is 202 Å². The fraction of sp³-hybridized carbons (Fsp3) is 0.930. The van der Waals surface area contributed by atoms with Gasteiger partial charge in [0.15, 0.2) is 0 Å². The maximum absolute atomic E-state index is 6.71. The summed E-state index contributed by atoms with van der Waals surface area (Å²) in [4.78, 5) is 12.7. The van der Waals surface area contributed by atoms with E-state index in [0.717, 1.165) is 161 Å². The monoisotopic (exact) mass is 783 g/mol. The van der Waals surface area contributed by atoms with Crippen molar-refractivity contribution < 1.29 is 28.4 Å². The van der Waals surface area contributed by atoms with Gasteiger partial charge in [-0.25, -0.2) is 0 Å². The van der Waals surface area contributed by atoms with E-state index in [1.165, 1.54) is 0 Å². The summed E-state index contributed by atoms with van der Waals surface area (Å²) in [6.45, 7) is 16.8. The van der Waals surface area contributed by atoms with Crippen LogP contribution in [-0.4, -0.2) is 72.6 Å². The Labute approximate surface area is 337 Å². The Morgan fingerprint density at radius 2 is 0.836 bits per heavy atom. The minimum Gasteiger partial charge on any atom is -0.370 e. The standard InChI is InChI=1S/C43H86N6O6/c1-7-13-24-32-50-38(43(54-36-28-17-11-5,55-37-29-18-12-6)49-41-47-39(44)46-40(45)48-41)30-22-20-19-21-23-31-42(51-33-25-14-8-2,52-34-26-15-9-3)53-35-27-16-10-4/h38H,7-37H2,1-6H3,(H5,44,45,46,47,48,49). The van der Waals surface area contributed by atoms with Crippen molar-refractivity contribution in [2.24, 2.45) is 0 Å². The molecule has 0 fully saturated rings. The molecule has 324 valence electrons. The second kappa shape index (κ2) is 34.2. The van der Waals surface area contributed by atoms with E-state index < -0.39 is 18.0 Å². The Hall–Kier alpha value is -1.83. The van der Waals surface area contributed by atoms with Gasteiger partial charge in [-0.2, -0.15) is 15.0 Å². The van der Waals surface area contributed by atoms with Crippen LogP contribution in [0.3, 0.4) is 0 Å². The highest BCUT2D eigenvalue weighted by Gasteiger charge is 2.43. The Balaban J connectivity index is 3.13. The molecule has 1 heterocycles. The highest BCUT2D eigenvalue weighted by molar-refractivity contribution is 5.38. The summed E-state index contributed by atoms with van der Waals surface area (Å²) >= 11 is 0. The number of nitrogens with zero attached hydrogens (tertiary/aromatic N) is 3. The maximum atomic E-state index is 6.71. The molecule has 0 spiro atoms. The fourth-order valence-electron chi connectivity index (χ4n) is 6.40. The average molecular weight is 783 g/mol. The van der Waals surface area contributed by atoms with Crippen LogP contribution in [0.25, 0.3) is 0 Å². The maximum Gasteiger partial charge on any atom is 0.282 e. The molecule has 1 aromatic heterocycles. The van der Waals surface area contributed by atoms with Gasteiger partial charge in [-0.15, -0.1) is 0 Å². The zero-order valence-electron chi connectivity index (χ0n) is 36.4. The highest BCUT2D eigenvalue weighted by atomic mass is 16.9. The van der Waals surface area contributed by atoms with Crippen molar-refractivity contribution in [3.05, 3.63) is 0 Å². The summed E-state index contributed by atoms with van der Waals surface area (Å²) in [5.74, 6) is -1.98. The number of hydrogen-bond donors (Lipinski definition) is 3. The Morgan fingerprint density at radius 3 is 1.27 bits per heavy atom.